The summed E-state index contributed by atoms with van der Waals surface area (Å²) in [5.41, 5.74) is 5.96. The van der Waals surface area contributed by atoms with Crippen molar-refractivity contribution in [1.82, 2.24) is 14.5 Å². The van der Waals surface area contributed by atoms with Gasteiger partial charge in [-0.1, -0.05) is 73.2 Å². The van der Waals surface area contributed by atoms with E-state index in [-0.39, 0.29) is 21.7 Å². The standard InChI is InChI=1S/C28H35B2N3O/c1-24(2,3)15-13-12-14-22-32-20-18(29)16-17(26(6,7)27(8,9)25(16,4)5)19(30)21(20)33(22)28(10,11)34-23(14)31-15/h12-13H,1-11H3. The molecule has 1 aliphatic carbocycles. The lowest BCUT2D eigenvalue weighted by atomic mass is 9.58. The Morgan fingerprint density at radius 2 is 1.38 bits per heavy atom. The van der Waals surface area contributed by atoms with Gasteiger partial charge in [0.1, 0.15) is 21.5 Å². The summed E-state index contributed by atoms with van der Waals surface area (Å²) >= 11 is 0. The van der Waals surface area contributed by atoms with Gasteiger partial charge in [0, 0.05) is 11.1 Å². The predicted molar refractivity (Wildman–Crippen MR) is 142 cm³/mol. The van der Waals surface area contributed by atoms with Crippen molar-refractivity contribution in [2.24, 2.45) is 5.41 Å². The zero-order valence-electron chi connectivity index (χ0n) is 22.6. The van der Waals surface area contributed by atoms with Gasteiger partial charge in [0.05, 0.1) is 16.6 Å². The average Bonchev–Trinajstić information content (AvgIpc) is 3.15. The third-order valence-electron chi connectivity index (χ3n) is 9.31. The van der Waals surface area contributed by atoms with E-state index in [1.165, 1.54) is 0 Å². The third-order valence-corrected chi connectivity index (χ3v) is 9.31. The molecule has 3 heterocycles. The maximum atomic E-state index is 7.06. The van der Waals surface area contributed by atoms with Crippen molar-refractivity contribution in [3.05, 3.63) is 29.0 Å². The normalized spacial score (nSPS) is 21.0. The molecule has 4 nitrogen and oxygen atoms in total. The van der Waals surface area contributed by atoms with E-state index in [1.54, 1.807) is 0 Å². The van der Waals surface area contributed by atoms with Gasteiger partial charge >= 0.3 is 0 Å². The third kappa shape index (κ3) is 2.58. The van der Waals surface area contributed by atoms with Crippen LogP contribution in [0.5, 0.6) is 5.88 Å². The van der Waals surface area contributed by atoms with Crippen LogP contribution in [0, 0.1) is 5.41 Å². The Kier molecular flexibility index (Phi) is 4.36. The molecular formula is C28H35B2N3O. The molecule has 1 aromatic carbocycles. The lowest BCUT2D eigenvalue weighted by Gasteiger charge is -2.45. The Morgan fingerprint density at radius 3 is 1.94 bits per heavy atom. The molecule has 2 aliphatic rings. The van der Waals surface area contributed by atoms with Crippen LogP contribution in [0.1, 0.15) is 93.0 Å². The first kappa shape index (κ1) is 23.5. The quantitative estimate of drug-likeness (QED) is 0.467. The van der Waals surface area contributed by atoms with Gasteiger partial charge in [0.25, 0.3) is 0 Å². The number of ether oxygens (including phenoxy) is 1. The van der Waals surface area contributed by atoms with Crippen LogP contribution in [0.2, 0.25) is 0 Å². The number of imidazole rings is 1. The highest BCUT2D eigenvalue weighted by molar-refractivity contribution is 6.46. The van der Waals surface area contributed by atoms with Crippen LogP contribution in [0.25, 0.3) is 22.4 Å². The fourth-order valence-corrected chi connectivity index (χ4v) is 6.16. The summed E-state index contributed by atoms with van der Waals surface area (Å²) in [6.45, 7) is 24.3. The average molecular weight is 451 g/mol. The summed E-state index contributed by atoms with van der Waals surface area (Å²) in [6.07, 6.45) is 0. The summed E-state index contributed by atoms with van der Waals surface area (Å²) in [4.78, 5) is 10.0. The SMILES string of the molecule is [B]c1c2c(c([B])c3c1nc1n3C(C)(C)Oc3nc(C(C)(C)C)ccc3-1)C(C)(C)C(C)(C)C2(C)C. The van der Waals surface area contributed by atoms with Gasteiger partial charge in [-0.15, -0.1) is 0 Å². The number of aromatic nitrogens is 3. The first-order chi connectivity index (χ1) is 15.4. The second-order valence-electron chi connectivity index (χ2n) is 13.3. The van der Waals surface area contributed by atoms with Gasteiger partial charge in [-0.3, -0.25) is 4.57 Å². The van der Waals surface area contributed by atoms with Crippen LogP contribution < -0.4 is 15.7 Å². The molecule has 0 amide bonds. The number of hydrogen-bond acceptors (Lipinski definition) is 3. The van der Waals surface area contributed by atoms with E-state index >= 15 is 0 Å². The summed E-state index contributed by atoms with van der Waals surface area (Å²) in [6, 6.07) is 4.12. The Labute approximate surface area is 206 Å². The molecule has 0 saturated carbocycles. The highest BCUT2D eigenvalue weighted by Gasteiger charge is 2.58. The Hall–Kier alpha value is -2.23. The second kappa shape index (κ2) is 6.30. The van der Waals surface area contributed by atoms with Crippen LogP contribution in [-0.2, 0) is 22.0 Å². The minimum atomic E-state index is -0.733. The van der Waals surface area contributed by atoms with E-state index in [9.17, 15) is 0 Å². The molecule has 34 heavy (non-hydrogen) atoms. The van der Waals surface area contributed by atoms with E-state index < -0.39 is 5.72 Å². The van der Waals surface area contributed by atoms with Crippen LogP contribution in [0.3, 0.4) is 0 Å². The summed E-state index contributed by atoms with van der Waals surface area (Å²) in [5.74, 6) is 1.40. The second-order valence-corrected chi connectivity index (χ2v) is 13.3. The molecule has 0 atom stereocenters. The highest BCUT2D eigenvalue weighted by Crippen LogP contribution is 2.61. The molecule has 1 aliphatic heterocycles. The Morgan fingerprint density at radius 1 is 0.824 bits per heavy atom. The lowest BCUT2D eigenvalue weighted by Crippen LogP contribution is -2.43. The van der Waals surface area contributed by atoms with Crippen molar-refractivity contribution < 1.29 is 4.74 Å². The molecule has 3 aromatic rings. The number of fused-ring (bicyclic) bond motifs is 6. The Bertz CT molecular complexity index is 1390. The smallest absolute Gasteiger partial charge is 0.226 e. The number of rotatable bonds is 0. The number of hydrogen-bond donors (Lipinski definition) is 0. The van der Waals surface area contributed by atoms with Crippen molar-refractivity contribution in [3.63, 3.8) is 0 Å². The molecule has 0 unspecified atom stereocenters. The van der Waals surface area contributed by atoms with E-state index in [4.69, 9.17) is 30.4 Å². The maximum absolute atomic E-state index is 7.06. The van der Waals surface area contributed by atoms with Gasteiger partial charge in [-0.2, -0.15) is 0 Å². The predicted octanol–water partition coefficient (Wildman–Crippen LogP) is 4.66. The molecule has 4 radical (unpaired) electrons. The van der Waals surface area contributed by atoms with Gasteiger partial charge in [0.15, 0.2) is 5.72 Å². The molecule has 0 bridgehead atoms. The molecule has 6 heteroatoms. The largest absolute Gasteiger partial charge is 0.451 e. The molecule has 0 fully saturated rings. The summed E-state index contributed by atoms with van der Waals surface area (Å²) in [5, 5.41) is 0. The van der Waals surface area contributed by atoms with Crippen LogP contribution in [0.15, 0.2) is 12.1 Å². The molecule has 2 aromatic heterocycles. The maximum Gasteiger partial charge on any atom is 0.226 e. The van der Waals surface area contributed by atoms with Gasteiger partial charge < -0.3 is 4.74 Å². The van der Waals surface area contributed by atoms with Crippen LogP contribution >= 0.6 is 0 Å². The number of benzene rings is 1. The molecule has 174 valence electrons. The van der Waals surface area contributed by atoms with E-state index in [2.05, 4.69) is 79.0 Å². The fraction of sp³-hybridized carbons (Fsp3) is 0.571. The fourth-order valence-electron chi connectivity index (χ4n) is 6.16. The topological polar surface area (TPSA) is 39.9 Å². The van der Waals surface area contributed by atoms with E-state index in [0.717, 1.165) is 50.2 Å². The van der Waals surface area contributed by atoms with Crippen molar-refractivity contribution in [3.8, 4) is 17.3 Å². The van der Waals surface area contributed by atoms with Crippen molar-refractivity contribution >= 4 is 37.7 Å². The first-order valence-electron chi connectivity index (χ1n) is 12.2. The molecular weight excluding hydrogens is 416 g/mol. The van der Waals surface area contributed by atoms with E-state index in [1.807, 2.05) is 13.8 Å². The minimum Gasteiger partial charge on any atom is -0.451 e. The summed E-state index contributed by atoms with van der Waals surface area (Å²) < 4.78 is 8.63. The van der Waals surface area contributed by atoms with Gasteiger partial charge in [-0.25, -0.2) is 9.97 Å². The zero-order chi connectivity index (χ0) is 25.4. The lowest BCUT2D eigenvalue weighted by molar-refractivity contribution is 0.0252. The van der Waals surface area contributed by atoms with Gasteiger partial charge in [0.2, 0.25) is 5.88 Å². The molecule has 5 rings (SSSR count). The minimum absolute atomic E-state index is 0.0556. The van der Waals surface area contributed by atoms with Crippen molar-refractivity contribution in [2.45, 2.75) is 98.1 Å². The first-order valence-corrected chi connectivity index (χ1v) is 12.2. The summed E-state index contributed by atoms with van der Waals surface area (Å²) in [7, 11) is 14.0. The number of nitrogens with zero attached hydrogens (tertiary/aromatic N) is 3. The van der Waals surface area contributed by atoms with Crippen LogP contribution in [0.4, 0.5) is 0 Å². The van der Waals surface area contributed by atoms with Crippen molar-refractivity contribution in [1.29, 1.82) is 0 Å². The van der Waals surface area contributed by atoms with Crippen LogP contribution in [-0.4, -0.2) is 30.2 Å². The molecule has 0 N–H and O–H groups in total. The highest BCUT2D eigenvalue weighted by atomic mass is 16.5. The Balaban J connectivity index is 1.90. The number of pyridine rings is 1. The van der Waals surface area contributed by atoms with Crippen molar-refractivity contribution in [2.75, 3.05) is 0 Å². The zero-order valence-corrected chi connectivity index (χ0v) is 22.6. The van der Waals surface area contributed by atoms with E-state index in [0.29, 0.717) is 5.88 Å². The van der Waals surface area contributed by atoms with Gasteiger partial charge in [-0.05, 0) is 53.4 Å². The monoisotopic (exact) mass is 451 g/mol. The molecule has 0 saturated heterocycles. The molecule has 0 spiro atoms.